The highest BCUT2D eigenvalue weighted by atomic mass is 15.3. The van der Waals surface area contributed by atoms with E-state index in [0.29, 0.717) is 0 Å². The van der Waals surface area contributed by atoms with E-state index in [-0.39, 0.29) is 6.04 Å². The van der Waals surface area contributed by atoms with Crippen molar-refractivity contribution >= 4 is 0 Å². The molecule has 0 fully saturated rings. The van der Waals surface area contributed by atoms with Crippen molar-refractivity contribution in [2.75, 3.05) is 6.54 Å². The summed E-state index contributed by atoms with van der Waals surface area (Å²) in [4.78, 5) is 4.43. The van der Waals surface area contributed by atoms with Crippen LogP contribution < -0.4 is 5.32 Å². The summed E-state index contributed by atoms with van der Waals surface area (Å²) in [5.74, 6) is 1.02. The van der Waals surface area contributed by atoms with Crippen LogP contribution in [0.4, 0.5) is 0 Å². The molecule has 1 atom stereocenters. The fourth-order valence-electron chi connectivity index (χ4n) is 2.10. The number of hydrogen-bond donors (Lipinski definition) is 1. The third-order valence-electron chi connectivity index (χ3n) is 2.96. The minimum Gasteiger partial charge on any atom is -0.336 e. The Morgan fingerprint density at radius 3 is 2.83 bits per heavy atom. The van der Waals surface area contributed by atoms with Gasteiger partial charge in [-0.25, -0.2) is 4.98 Å². The molecule has 2 rings (SSSR count). The van der Waals surface area contributed by atoms with Gasteiger partial charge in [0.25, 0.3) is 0 Å². The van der Waals surface area contributed by atoms with Gasteiger partial charge < -0.3 is 9.88 Å². The van der Waals surface area contributed by atoms with Crippen LogP contribution in [0.3, 0.4) is 0 Å². The zero-order valence-electron chi connectivity index (χ0n) is 11.3. The van der Waals surface area contributed by atoms with Crippen molar-refractivity contribution in [2.24, 2.45) is 7.05 Å². The third-order valence-corrected chi connectivity index (χ3v) is 2.96. The highest BCUT2D eigenvalue weighted by Gasteiger charge is 2.18. The fourth-order valence-corrected chi connectivity index (χ4v) is 2.10. The van der Waals surface area contributed by atoms with Crippen molar-refractivity contribution in [3.63, 3.8) is 0 Å². The van der Waals surface area contributed by atoms with Gasteiger partial charge in [-0.15, -0.1) is 0 Å². The Balaban J connectivity index is 2.26. The Kier molecular flexibility index (Phi) is 4.15. The van der Waals surface area contributed by atoms with Gasteiger partial charge >= 0.3 is 0 Å². The van der Waals surface area contributed by atoms with Crippen LogP contribution >= 0.6 is 0 Å². The molecule has 1 N–H and O–H groups in total. The zero-order chi connectivity index (χ0) is 13.0. The zero-order valence-corrected chi connectivity index (χ0v) is 11.3. The maximum absolute atomic E-state index is 4.43. The van der Waals surface area contributed by atoms with Crippen LogP contribution in [-0.2, 0) is 13.6 Å². The van der Waals surface area contributed by atoms with E-state index in [9.17, 15) is 0 Å². The Bertz CT molecular complexity index is 485. The van der Waals surface area contributed by atoms with Gasteiger partial charge in [0.05, 0.1) is 12.2 Å². The molecule has 0 radical (unpaired) electrons. The molecule has 2 aromatic rings. The van der Waals surface area contributed by atoms with E-state index in [0.717, 1.165) is 25.3 Å². The van der Waals surface area contributed by atoms with Gasteiger partial charge in [0, 0.05) is 37.7 Å². The predicted molar refractivity (Wildman–Crippen MR) is 71.2 cm³/mol. The first-order valence-corrected chi connectivity index (χ1v) is 6.49. The van der Waals surface area contributed by atoms with Crippen molar-refractivity contribution in [2.45, 2.75) is 32.9 Å². The van der Waals surface area contributed by atoms with Crippen molar-refractivity contribution in [1.29, 1.82) is 0 Å². The van der Waals surface area contributed by atoms with Crippen LogP contribution in [0.5, 0.6) is 0 Å². The predicted octanol–water partition coefficient (Wildman–Crippen LogP) is 1.73. The van der Waals surface area contributed by atoms with E-state index in [4.69, 9.17) is 0 Å². The molecule has 0 aliphatic heterocycles. The summed E-state index contributed by atoms with van der Waals surface area (Å²) in [6.07, 6.45) is 8.92. The first-order valence-electron chi connectivity index (χ1n) is 6.49. The third kappa shape index (κ3) is 2.61. The van der Waals surface area contributed by atoms with E-state index in [1.807, 2.05) is 34.9 Å². The Morgan fingerprint density at radius 1 is 1.39 bits per heavy atom. The minimum atomic E-state index is 0.112. The topological polar surface area (TPSA) is 47.7 Å². The molecular weight excluding hydrogens is 226 g/mol. The normalized spacial score (nSPS) is 12.8. The summed E-state index contributed by atoms with van der Waals surface area (Å²) >= 11 is 0. The maximum Gasteiger partial charge on any atom is 0.130 e. The second kappa shape index (κ2) is 5.82. The molecule has 1 unspecified atom stereocenters. The summed E-state index contributed by atoms with van der Waals surface area (Å²) in [5.41, 5.74) is 1.17. The maximum atomic E-state index is 4.43. The number of rotatable bonds is 6. The molecule has 0 aliphatic carbocycles. The Morgan fingerprint density at radius 2 is 2.22 bits per heavy atom. The van der Waals surface area contributed by atoms with Crippen molar-refractivity contribution < 1.29 is 0 Å². The van der Waals surface area contributed by atoms with E-state index in [1.54, 1.807) is 0 Å². The molecule has 5 nitrogen and oxygen atoms in total. The smallest absolute Gasteiger partial charge is 0.130 e. The largest absolute Gasteiger partial charge is 0.336 e. The van der Waals surface area contributed by atoms with E-state index in [2.05, 4.69) is 35.4 Å². The molecule has 2 aromatic heterocycles. The molecule has 0 aliphatic rings. The van der Waals surface area contributed by atoms with Crippen molar-refractivity contribution in [1.82, 2.24) is 24.6 Å². The molecule has 0 bridgehead atoms. The van der Waals surface area contributed by atoms with Crippen LogP contribution in [0.15, 0.2) is 24.8 Å². The quantitative estimate of drug-likeness (QED) is 0.845. The lowest BCUT2D eigenvalue weighted by molar-refractivity contribution is 0.572. The van der Waals surface area contributed by atoms with Crippen LogP contribution in [0.1, 0.15) is 37.7 Å². The molecule has 0 spiro atoms. The van der Waals surface area contributed by atoms with Gasteiger partial charge in [-0.2, -0.15) is 5.10 Å². The second-order valence-electron chi connectivity index (χ2n) is 4.42. The van der Waals surface area contributed by atoms with E-state index >= 15 is 0 Å². The van der Waals surface area contributed by atoms with Crippen molar-refractivity contribution in [3.8, 4) is 0 Å². The number of nitrogens with one attached hydrogen (secondary N) is 1. The average Bonchev–Trinajstić information content (AvgIpc) is 2.96. The monoisotopic (exact) mass is 247 g/mol. The number of nitrogens with zero attached hydrogens (tertiary/aromatic N) is 4. The summed E-state index contributed by atoms with van der Waals surface area (Å²) in [7, 11) is 2.02. The average molecular weight is 247 g/mol. The first-order chi connectivity index (χ1) is 8.76. The van der Waals surface area contributed by atoms with Crippen molar-refractivity contribution in [3.05, 3.63) is 36.2 Å². The van der Waals surface area contributed by atoms with Gasteiger partial charge in [-0.05, 0) is 13.0 Å². The van der Waals surface area contributed by atoms with Gasteiger partial charge in [0.1, 0.15) is 5.82 Å². The SMILES string of the molecule is CCCn1cc(C(NCC)c2nccn2C)cn1. The molecule has 18 heavy (non-hydrogen) atoms. The summed E-state index contributed by atoms with van der Waals surface area (Å²) in [6, 6.07) is 0.112. The Hall–Kier alpha value is -1.62. The molecule has 5 heteroatoms. The van der Waals surface area contributed by atoms with Gasteiger partial charge in [-0.1, -0.05) is 13.8 Å². The number of imidazole rings is 1. The second-order valence-corrected chi connectivity index (χ2v) is 4.42. The van der Waals surface area contributed by atoms with Crippen LogP contribution in [-0.4, -0.2) is 25.9 Å². The first kappa shape index (κ1) is 12.8. The lowest BCUT2D eigenvalue weighted by atomic mass is 10.1. The summed E-state index contributed by atoms with van der Waals surface area (Å²) in [6.45, 7) is 6.12. The lowest BCUT2D eigenvalue weighted by Gasteiger charge is -2.16. The minimum absolute atomic E-state index is 0.112. The standard InChI is InChI=1S/C13H21N5/c1-4-7-18-10-11(9-16-18)12(14-5-2)13-15-6-8-17(13)3/h6,8-10,12,14H,4-5,7H2,1-3H3. The van der Waals surface area contributed by atoms with Crippen LogP contribution in [0.25, 0.3) is 0 Å². The van der Waals surface area contributed by atoms with Gasteiger partial charge in [0.15, 0.2) is 0 Å². The molecule has 0 saturated carbocycles. The molecule has 0 aromatic carbocycles. The molecule has 98 valence electrons. The van der Waals surface area contributed by atoms with Crippen LogP contribution in [0.2, 0.25) is 0 Å². The molecule has 2 heterocycles. The number of aryl methyl sites for hydroxylation is 2. The van der Waals surface area contributed by atoms with Gasteiger partial charge in [-0.3, -0.25) is 4.68 Å². The van der Waals surface area contributed by atoms with E-state index < -0.39 is 0 Å². The van der Waals surface area contributed by atoms with Gasteiger partial charge in [0.2, 0.25) is 0 Å². The summed E-state index contributed by atoms with van der Waals surface area (Å²) in [5, 5.41) is 7.85. The van der Waals surface area contributed by atoms with E-state index in [1.165, 1.54) is 5.56 Å². The summed E-state index contributed by atoms with van der Waals surface area (Å²) < 4.78 is 4.03. The molecular formula is C13H21N5. The highest BCUT2D eigenvalue weighted by molar-refractivity contribution is 5.20. The Labute approximate surface area is 108 Å². The number of aromatic nitrogens is 4. The van der Waals surface area contributed by atoms with Crippen LogP contribution in [0, 0.1) is 0 Å². The lowest BCUT2D eigenvalue weighted by Crippen LogP contribution is -2.24. The molecule has 0 amide bonds. The fraction of sp³-hybridized carbons (Fsp3) is 0.538. The number of hydrogen-bond acceptors (Lipinski definition) is 3. The molecule has 0 saturated heterocycles. The highest BCUT2D eigenvalue weighted by Crippen LogP contribution is 2.19.